The third kappa shape index (κ3) is 5.33. The van der Waals surface area contributed by atoms with Crippen molar-refractivity contribution < 1.29 is 17.9 Å². The van der Waals surface area contributed by atoms with Gasteiger partial charge in [0.05, 0.1) is 18.0 Å². The lowest BCUT2D eigenvalue weighted by atomic mass is 10.1. The van der Waals surface area contributed by atoms with Gasteiger partial charge in [0.2, 0.25) is 15.9 Å². The second-order valence-corrected chi connectivity index (χ2v) is 9.28. The molecule has 0 aliphatic heterocycles. The molecule has 2 aromatic carbocycles. The summed E-state index contributed by atoms with van der Waals surface area (Å²) in [6.07, 6.45) is 0.746. The molecule has 8 heteroatoms. The van der Waals surface area contributed by atoms with Gasteiger partial charge in [0.15, 0.2) is 0 Å². The van der Waals surface area contributed by atoms with Gasteiger partial charge in [-0.2, -0.15) is 4.31 Å². The number of halogens is 1. The molecule has 0 heterocycles. The van der Waals surface area contributed by atoms with Crippen LogP contribution in [-0.4, -0.2) is 38.8 Å². The Kier molecular flexibility index (Phi) is 7.63. The van der Waals surface area contributed by atoms with Crippen molar-refractivity contribution in [2.75, 3.05) is 25.5 Å². The molecule has 0 atom stereocenters. The van der Waals surface area contributed by atoms with Crippen LogP contribution in [0.3, 0.4) is 0 Å². The average Bonchev–Trinajstić information content (AvgIpc) is 2.64. The van der Waals surface area contributed by atoms with Gasteiger partial charge in [-0.25, -0.2) is 8.42 Å². The molecule has 0 bridgehead atoms. The minimum absolute atomic E-state index is 0.111. The highest BCUT2D eigenvalue weighted by Gasteiger charge is 2.23. The fourth-order valence-electron chi connectivity index (χ4n) is 2.79. The van der Waals surface area contributed by atoms with Crippen LogP contribution in [0, 0.1) is 6.92 Å². The summed E-state index contributed by atoms with van der Waals surface area (Å²) in [5.41, 5.74) is 2.62. The van der Waals surface area contributed by atoms with Crippen molar-refractivity contribution in [1.29, 1.82) is 0 Å². The summed E-state index contributed by atoms with van der Waals surface area (Å²) in [4.78, 5) is 12.6. The Labute approximate surface area is 175 Å². The highest BCUT2D eigenvalue weighted by atomic mass is 79.9. The van der Waals surface area contributed by atoms with Crippen LogP contribution in [0.5, 0.6) is 5.75 Å². The minimum Gasteiger partial charge on any atom is -0.494 e. The highest BCUT2D eigenvalue weighted by Crippen LogP contribution is 2.26. The number of nitrogens with zero attached hydrogens (tertiary/aromatic N) is 1. The van der Waals surface area contributed by atoms with E-state index in [4.69, 9.17) is 4.74 Å². The molecule has 0 spiro atoms. The smallest absolute Gasteiger partial charge is 0.243 e. The van der Waals surface area contributed by atoms with Crippen molar-refractivity contribution >= 4 is 37.5 Å². The lowest BCUT2D eigenvalue weighted by Gasteiger charge is -2.19. The molecule has 152 valence electrons. The summed E-state index contributed by atoms with van der Waals surface area (Å²) < 4.78 is 32.8. The first kappa shape index (κ1) is 22.4. The molecule has 1 N–H and O–H groups in total. The number of hydrogen-bond donors (Lipinski definition) is 1. The van der Waals surface area contributed by atoms with Crippen LogP contribution in [0.2, 0.25) is 0 Å². The molecule has 2 rings (SSSR count). The molecule has 6 nitrogen and oxygen atoms in total. The third-order valence-electron chi connectivity index (χ3n) is 4.24. The van der Waals surface area contributed by atoms with E-state index in [1.54, 1.807) is 12.1 Å². The summed E-state index contributed by atoms with van der Waals surface area (Å²) >= 11 is 3.45. The van der Waals surface area contributed by atoms with Crippen LogP contribution in [0.4, 0.5) is 5.69 Å². The fraction of sp³-hybridized carbons (Fsp3) is 0.350. The summed E-state index contributed by atoms with van der Waals surface area (Å²) in [5, 5.41) is 2.85. The highest BCUT2D eigenvalue weighted by molar-refractivity contribution is 9.10. The predicted molar refractivity (Wildman–Crippen MR) is 114 cm³/mol. The molecule has 0 saturated carbocycles. The number of ether oxygens (including phenoxy) is 1. The molecule has 2 aromatic rings. The molecule has 0 saturated heterocycles. The standard InChI is InChI=1S/C20H25BrN2O4S/c1-5-15-12-16(21)11-14(3)20(15)22-19(24)13-23(4)28(25,26)18-9-7-17(8-10-18)27-6-2/h7-12H,5-6,13H2,1-4H3,(H,22,24). The van der Waals surface area contributed by atoms with Gasteiger partial charge in [0.25, 0.3) is 0 Å². The van der Waals surface area contributed by atoms with Crippen LogP contribution >= 0.6 is 15.9 Å². The monoisotopic (exact) mass is 468 g/mol. The number of aryl methyl sites for hydroxylation is 2. The van der Waals surface area contributed by atoms with Crippen molar-refractivity contribution in [1.82, 2.24) is 4.31 Å². The van der Waals surface area contributed by atoms with Gasteiger partial charge < -0.3 is 10.1 Å². The van der Waals surface area contributed by atoms with Crippen LogP contribution in [0.25, 0.3) is 0 Å². The average molecular weight is 469 g/mol. The molecule has 1 amide bonds. The largest absolute Gasteiger partial charge is 0.494 e. The van der Waals surface area contributed by atoms with Crippen molar-refractivity contribution in [2.24, 2.45) is 0 Å². The number of rotatable bonds is 8. The van der Waals surface area contributed by atoms with Crippen LogP contribution in [0.1, 0.15) is 25.0 Å². The van der Waals surface area contributed by atoms with E-state index >= 15 is 0 Å². The molecular formula is C20H25BrN2O4S. The number of nitrogens with one attached hydrogen (secondary N) is 1. The molecule has 0 fully saturated rings. The maximum absolute atomic E-state index is 12.7. The first-order valence-electron chi connectivity index (χ1n) is 8.97. The Hall–Kier alpha value is -1.90. The Morgan fingerprint density at radius 2 is 1.82 bits per heavy atom. The van der Waals surface area contributed by atoms with Crippen molar-refractivity contribution in [3.05, 3.63) is 52.0 Å². The lowest BCUT2D eigenvalue weighted by molar-refractivity contribution is -0.116. The van der Waals surface area contributed by atoms with Gasteiger partial charge in [0.1, 0.15) is 5.75 Å². The van der Waals surface area contributed by atoms with Crippen LogP contribution in [0.15, 0.2) is 45.8 Å². The Morgan fingerprint density at radius 1 is 1.18 bits per heavy atom. The second-order valence-electron chi connectivity index (χ2n) is 6.32. The van der Waals surface area contributed by atoms with Gasteiger partial charge in [0, 0.05) is 17.2 Å². The second kappa shape index (κ2) is 9.54. The number of hydrogen-bond acceptors (Lipinski definition) is 4. The summed E-state index contributed by atoms with van der Waals surface area (Å²) in [5.74, 6) is 0.205. The maximum Gasteiger partial charge on any atom is 0.243 e. The zero-order chi connectivity index (χ0) is 20.9. The SMILES string of the molecule is CCOc1ccc(S(=O)(=O)N(C)CC(=O)Nc2c(C)cc(Br)cc2CC)cc1. The zero-order valence-corrected chi connectivity index (χ0v) is 18.9. The molecule has 0 aliphatic carbocycles. The number of amides is 1. The summed E-state index contributed by atoms with van der Waals surface area (Å²) in [7, 11) is -2.39. The molecule has 0 aromatic heterocycles. The van der Waals surface area contributed by atoms with Crippen molar-refractivity contribution in [3.63, 3.8) is 0 Å². The number of carbonyl (C=O) groups is 1. The summed E-state index contributed by atoms with van der Waals surface area (Å²) in [6, 6.07) is 10.0. The Morgan fingerprint density at radius 3 is 2.39 bits per heavy atom. The Bertz CT molecular complexity index is 943. The lowest BCUT2D eigenvalue weighted by Crippen LogP contribution is -2.35. The normalized spacial score (nSPS) is 11.5. The number of benzene rings is 2. The van der Waals surface area contributed by atoms with E-state index in [0.29, 0.717) is 12.4 Å². The van der Waals surface area contributed by atoms with E-state index < -0.39 is 15.9 Å². The maximum atomic E-state index is 12.7. The van der Waals surface area contributed by atoms with Gasteiger partial charge in [-0.1, -0.05) is 22.9 Å². The predicted octanol–water partition coefficient (Wildman–Crippen LogP) is 3.98. The first-order chi connectivity index (χ1) is 13.2. The summed E-state index contributed by atoms with van der Waals surface area (Å²) in [6.45, 7) is 5.98. The molecule has 0 radical (unpaired) electrons. The van der Waals surface area contributed by atoms with Gasteiger partial charge >= 0.3 is 0 Å². The number of likely N-dealkylation sites (N-methyl/N-ethyl adjacent to an activating group) is 1. The molecular weight excluding hydrogens is 444 g/mol. The van der Waals surface area contributed by atoms with Crippen molar-refractivity contribution in [2.45, 2.75) is 32.1 Å². The van der Waals surface area contributed by atoms with Gasteiger partial charge in [-0.15, -0.1) is 0 Å². The zero-order valence-electron chi connectivity index (χ0n) is 16.5. The molecule has 0 unspecified atom stereocenters. The van der Waals surface area contributed by atoms with Gasteiger partial charge in [-0.05, 0) is 67.8 Å². The number of sulfonamides is 1. The van der Waals surface area contributed by atoms with Crippen LogP contribution in [-0.2, 0) is 21.2 Å². The molecule has 28 heavy (non-hydrogen) atoms. The van der Waals surface area contributed by atoms with E-state index in [0.717, 1.165) is 32.0 Å². The Balaban J connectivity index is 2.13. The number of anilines is 1. The van der Waals surface area contributed by atoms with E-state index in [2.05, 4.69) is 21.2 Å². The van der Waals surface area contributed by atoms with E-state index in [1.807, 2.05) is 32.9 Å². The van der Waals surface area contributed by atoms with Gasteiger partial charge in [-0.3, -0.25) is 4.79 Å². The number of carbonyl (C=O) groups excluding carboxylic acids is 1. The molecule has 0 aliphatic rings. The fourth-order valence-corrected chi connectivity index (χ4v) is 4.54. The quantitative estimate of drug-likeness (QED) is 0.635. The van der Waals surface area contributed by atoms with E-state index in [9.17, 15) is 13.2 Å². The minimum atomic E-state index is -3.78. The van der Waals surface area contributed by atoms with Crippen LogP contribution < -0.4 is 10.1 Å². The third-order valence-corrected chi connectivity index (χ3v) is 6.51. The van der Waals surface area contributed by atoms with Crippen molar-refractivity contribution in [3.8, 4) is 5.75 Å². The van der Waals surface area contributed by atoms with E-state index in [-0.39, 0.29) is 11.4 Å². The van der Waals surface area contributed by atoms with E-state index in [1.165, 1.54) is 19.2 Å². The first-order valence-corrected chi connectivity index (χ1v) is 11.2. The topological polar surface area (TPSA) is 75.7 Å².